The molecule has 142 valence electrons. The van der Waals surface area contributed by atoms with Gasteiger partial charge in [-0.25, -0.2) is 13.6 Å². The number of nitrogens with zero attached hydrogens (tertiary/aromatic N) is 1. The fraction of sp³-hybridized carbons (Fsp3) is 0.174. The standard InChI is InChI=1S/C23H19F2NO2/c1-23(18-7-3-2-4-8-18)10-11-26(22(27)28-23)21-9-5-6-16(14-21)17-12-19(24)15-20(25)13-17/h2-9,12-15H,10-11H2,1H3/t23-/m1/s1. The monoisotopic (exact) mass is 379 g/mol. The minimum absolute atomic E-state index is 0.416. The number of benzene rings is 3. The molecular formula is C23H19F2NO2. The van der Waals surface area contributed by atoms with Gasteiger partial charge in [0.1, 0.15) is 17.2 Å². The van der Waals surface area contributed by atoms with Crippen LogP contribution >= 0.6 is 0 Å². The first-order chi connectivity index (χ1) is 13.4. The number of anilines is 1. The van der Waals surface area contributed by atoms with Crippen molar-refractivity contribution >= 4 is 11.8 Å². The van der Waals surface area contributed by atoms with Crippen molar-refractivity contribution in [3.63, 3.8) is 0 Å². The maximum atomic E-state index is 13.6. The molecule has 1 atom stereocenters. The van der Waals surface area contributed by atoms with Gasteiger partial charge >= 0.3 is 6.09 Å². The lowest BCUT2D eigenvalue weighted by Crippen LogP contribution is -2.46. The first kappa shape index (κ1) is 18.2. The molecule has 0 spiro atoms. The van der Waals surface area contributed by atoms with E-state index in [1.54, 1.807) is 29.2 Å². The number of carbonyl (C=O) groups excluding carboxylic acids is 1. The van der Waals surface area contributed by atoms with Crippen LogP contribution in [0.3, 0.4) is 0 Å². The quantitative estimate of drug-likeness (QED) is 0.567. The van der Waals surface area contributed by atoms with Gasteiger partial charge in [0.25, 0.3) is 0 Å². The van der Waals surface area contributed by atoms with Gasteiger partial charge in [0.15, 0.2) is 0 Å². The number of carbonyl (C=O) groups is 1. The lowest BCUT2D eigenvalue weighted by atomic mass is 9.91. The Morgan fingerprint density at radius 3 is 2.29 bits per heavy atom. The molecule has 0 unspecified atom stereocenters. The number of hydrogen-bond acceptors (Lipinski definition) is 2. The van der Waals surface area contributed by atoms with E-state index in [0.29, 0.717) is 29.8 Å². The topological polar surface area (TPSA) is 29.5 Å². The molecule has 1 amide bonds. The summed E-state index contributed by atoms with van der Waals surface area (Å²) in [7, 11) is 0. The summed E-state index contributed by atoms with van der Waals surface area (Å²) >= 11 is 0. The molecule has 0 radical (unpaired) electrons. The number of halogens is 2. The lowest BCUT2D eigenvalue weighted by Gasteiger charge is -2.39. The highest BCUT2D eigenvalue weighted by molar-refractivity contribution is 5.89. The molecule has 3 aromatic rings. The van der Waals surface area contributed by atoms with Crippen LogP contribution in [0.25, 0.3) is 11.1 Å². The maximum absolute atomic E-state index is 13.6. The molecule has 5 heteroatoms. The average Bonchev–Trinajstić information content (AvgIpc) is 2.68. The summed E-state index contributed by atoms with van der Waals surface area (Å²) in [6.07, 6.45) is 0.182. The molecule has 28 heavy (non-hydrogen) atoms. The molecule has 0 saturated carbocycles. The number of amides is 1. The zero-order valence-electron chi connectivity index (χ0n) is 15.4. The largest absolute Gasteiger partial charge is 0.438 e. The molecule has 1 aliphatic rings. The van der Waals surface area contributed by atoms with Crippen molar-refractivity contribution in [1.29, 1.82) is 0 Å². The molecule has 4 rings (SSSR count). The molecule has 1 fully saturated rings. The second-order valence-electron chi connectivity index (χ2n) is 7.07. The molecule has 0 aromatic heterocycles. The van der Waals surface area contributed by atoms with Gasteiger partial charge in [-0.15, -0.1) is 0 Å². The van der Waals surface area contributed by atoms with Crippen molar-refractivity contribution in [3.8, 4) is 11.1 Å². The molecule has 3 aromatic carbocycles. The van der Waals surface area contributed by atoms with Crippen LogP contribution in [-0.4, -0.2) is 12.6 Å². The van der Waals surface area contributed by atoms with Crippen LogP contribution in [0, 0.1) is 11.6 Å². The van der Waals surface area contributed by atoms with Gasteiger partial charge in [0.2, 0.25) is 0 Å². The van der Waals surface area contributed by atoms with Crippen molar-refractivity contribution in [2.45, 2.75) is 18.9 Å². The van der Waals surface area contributed by atoms with Crippen LogP contribution in [0.1, 0.15) is 18.9 Å². The average molecular weight is 379 g/mol. The van der Waals surface area contributed by atoms with E-state index in [9.17, 15) is 13.6 Å². The highest BCUT2D eigenvalue weighted by atomic mass is 19.1. The summed E-state index contributed by atoms with van der Waals surface area (Å²) in [6, 6.07) is 20.0. The van der Waals surface area contributed by atoms with Crippen LogP contribution in [0.2, 0.25) is 0 Å². The number of hydrogen-bond donors (Lipinski definition) is 0. The fourth-order valence-corrected chi connectivity index (χ4v) is 3.52. The first-order valence-corrected chi connectivity index (χ1v) is 9.07. The first-order valence-electron chi connectivity index (χ1n) is 9.07. The van der Waals surface area contributed by atoms with Crippen LogP contribution in [0.5, 0.6) is 0 Å². The highest BCUT2D eigenvalue weighted by Crippen LogP contribution is 2.36. The van der Waals surface area contributed by atoms with E-state index in [1.165, 1.54) is 12.1 Å². The zero-order valence-corrected chi connectivity index (χ0v) is 15.4. The van der Waals surface area contributed by atoms with Gasteiger partial charge in [-0.2, -0.15) is 0 Å². The molecule has 3 nitrogen and oxygen atoms in total. The molecule has 0 aliphatic carbocycles. The smallest absolute Gasteiger partial charge is 0.415 e. The number of cyclic esters (lactones) is 1. The molecule has 1 heterocycles. The van der Waals surface area contributed by atoms with Gasteiger partial charge in [0.05, 0.1) is 0 Å². The van der Waals surface area contributed by atoms with Crippen molar-refractivity contribution in [2.24, 2.45) is 0 Å². The second kappa shape index (κ2) is 7.08. The molecule has 0 N–H and O–H groups in total. The van der Waals surface area contributed by atoms with Crippen molar-refractivity contribution in [3.05, 3.63) is 90.0 Å². The summed E-state index contributed by atoms with van der Waals surface area (Å²) in [6.45, 7) is 2.38. The Morgan fingerprint density at radius 1 is 0.893 bits per heavy atom. The van der Waals surface area contributed by atoms with E-state index in [1.807, 2.05) is 37.3 Å². The Kier molecular flexibility index (Phi) is 4.59. The van der Waals surface area contributed by atoms with Gasteiger partial charge < -0.3 is 4.74 Å². The van der Waals surface area contributed by atoms with E-state index in [2.05, 4.69) is 0 Å². The van der Waals surface area contributed by atoms with E-state index >= 15 is 0 Å². The Labute approximate surface area is 162 Å². The van der Waals surface area contributed by atoms with Gasteiger partial charge in [-0.05, 0) is 47.9 Å². The minimum Gasteiger partial charge on any atom is -0.438 e. The van der Waals surface area contributed by atoms with Crippen molar-refractivity contribution in [1.82, 2.24) is 0 Å². The molecule has 1 aliphatic heterocycles. The molecule has 1 saturated heterocycles. The van der Waals surface area contributed by atoms with E-state index in [0.717, 1.165) is 11.6 Å². The van der Waals surface area contributed by atoms with Gasteiger partial charge in [0, 0.05) is 24.7 Å². The molecule has 0 bridgehead atoms. The number of ether oxygens (including phenoxy) is 1. The third-order valence-corrected chi connectivity index (χ3v) is 5.08. The van der Waals surface area contributed by atoms with E-state index in [4.69, 9.17) is 4.74 Å². The second-order valence-corrected chi connectivity index (χ2v) is 7.07. The fourth-order valence-electron chi connectivity index (χ4n) is 3.52. The Balaban J connectivity index is 1.60. The Morgan fingerprint density at radius 2 is 1.61 bits per heavy atom. The lowest BCUT2D eigenvalue weighted by molar-refractivity contribution is 0.00582. The summed E-state index contributed by atoms with van der Waals surface area (Å²) < 4.78 is 32.9. The summed E-state index contributed by atoms with van der Waals surface area (Å²) in [5.41, 5.74) is 1.94. The van der Waals surface area contributed by atoms with E-state index in [-0.39, 0.29) is 0 Å². The number of rotatable bonds is 3. The highest BCUT2D eigenvalue weighted by Gasteiger charge is 2.38. The van der Waals surface area contributed by atoms with Crippen molar-refractivity contribution < 1.29 is 18.3 Å². The van der Waals surface area contributed by atoms with Crippen LogP contribution in [-0.2, 0) is 10.3 Å². The van der Waals surface area contributed by atoms with Gasteiger partial charge in [-0.1, -0.05) is 42.5 Å². The van der Waals surface area contributed by atoms with Crippen LogP contribution in [0.15, 0.2) is 72.8 Å². The third kappa shape index (κ3) is 3.48. The maximum Gasteiger partial charge on any atom is 0.415 e. The summed E-state index contributed by atoms with van der Waals surface area (Å²) in [5.74, 6) is -1.28. The van der Waals surface area contributed by atoms with E-state index < -0.39 is 23.3 Å². The predicted molar refractivity (Wildman–Crippen MR) is 104 cm³/mol. The van der Waals surface area contributed by atoms with Crippen LogP contribution < -0.4 is 4.90 Å². The predicted octanol–water partition coefficient (Wildman–Crippen LogP) is 5.89. The normalized spacial score (nSPS) is 19.4. The third-order valence-electron chi connectivity index (χ3n) is 5.08. The molecular weight excluding hydrogens is 360 g/mol. The Hall–Kier alpha value is -3.21. The Bertz CT molecular complexity index is 1000. The summed E-state index contributed by atoms with van der Waals surface area (Å²) in [5, 5.41) is 0. The summed E-state index contributed by atoms with van der Waals surface area (Å²) in [4.78, 5) is 14.3. The van der Waals surface area contributed by atoms with Gasteiger partial charge in [-0.3, -0.25) is 4.90 Å². The SMILES string of the molecule is C[C@]1(c2ccccc2)CCN(c2cccc(-c3cc(F)cc(F)c3)c2)C(=O)O1. The zero-order chi connectivity index (χ0) is 19.7. The van der Waals surface area contributed by atoms with Crippen LogP contribution in [0.4, 0.5) is 19.3 Å². The minimum atomic E-state index is -0.682. The van der Waals surface area contributed by atoms with Crippen molar-refractivity contribution in [2.75, 3.05) is 11.4 Å².